The third-order valence-electron chi connectivity index (χ3n) is 3.05. The van der Waals surface area contributed by atoms with Gasteiger partial charge in [0.1, 0.15) is 6.61 Å². The molecule has 1 N–H and O–H groups in total. The number of rotatable bonds is 7. The van der Waals surface area contributed by atoms with Gasteiger partial charge in [-0.1, -0.05) is 11.8 Å². The van der Waals surface area contributed by atoms with Crippen LogP contribution in [0.15, 0.2) is 12.1 Å². The number of hydrogen-bond acceptors (Lipinski definition) is 4. The fourth-order valence-corrected chi connectivity index (χ4v) is 2.72. The largest absolute Gasteiger partial charge is 0.384 e. The second-order valence-electron chi connectivity index (χ2n) is 4.98. The highest BCUT2D eigenvalue weighted by molar-refractivity contribution is 7.12. The number of aliphatic hydroxyl groups is 1. The quantitative estimate of drug-likeness (QED) is 0.612. The van der Waals surface area contributed by atoms with Gasteiger partial charge in [-0.3, -0.25) is 4.90 Å². The summed E-state index contributed by atoms with van der Waals surface area (Å²) >= 11 is 1.69. The molecule has 1 saturated carbocycles. The van der Waals surface area contributed by atoms with Crippen molar-refractivity contribution in [2.45, 2.75) is 19.4 Å². The molecule has 3 nitrogen and oxygen atoms in total. The van der Waals surface area contributed by atoms with Gasteiger partial charge in [-0.05, 0) is 37.9 Å². The zero-order valence-corrected chi connectivity index (χ0v) is 12.2. The molecule has 1 aliphatic carbocycles. The second kappa shape index (κ2) is 7.66. The second-order valence-corrected chi connectivity index (χ2v) is 6.15. The Hall–Kier alpha value is -0.860. The van der Waals surface area contributed by atoms with Gasteiger partial charge in [0.2, 0.25) is 0 Å². The van der Waals surface area contributed by atoms with Crippen molar-refractivity contribution in [1.29, 1.82) is 0 Å². The molecule has 0 atom stereocenters. The van der Waals surface area contributed by atoms with Crippen LogP contribution >= 0.6 is 11.3 Å². The van der Waals surface area contributed by atoms with E-state index in [9.17, 15) is 0 Å². The molecule has 0 aliphatic heterocycles. The Morgan fingerprint density at radius 1 is 1.47 bits per heavy atom. The molecule has 1 fully saturated rings. The van der Waals surface area contributed by atoms with E-state index in [4.69, 9.17) is 9.84 Å². The summed E-state index contributed by atoms with van der Waals surface area (Å²) in [5, 5.41) is 8.65. The van der Waals surface area contributed by atoms with E-state index in [0.29, 0.717) is 0 Å². The van der Waals surface area contributed by atoms with Crippen LogP contribution in [-0.2, 0) is 11.3 Å². The number of likely N-dealkylation sites (N-methyl/N-ethyl adjacent to an activating group) is 1. The molecule has 0 unspecified atom stereocenters. The van der Waals surface area contributed by atoms with Gasteiger partial charge in [-0.25, -0.2) is 0 Å². The Bertz CT molecular complexity index is 442. The van der Waals surface area contributed by atoms with E-state index in [1.54, 1.807) is 11.3 Å². The van der Waals surface area contributed by atoms with Crippen LogP contribution in [0.4, 0.5) is 0 Å². The zero-order chi connectivity index (χ0) is 13.5. The predicted octanol–water partition coefficient (Wildman–Crippen LogP) is 1.95. The average molecular weight is 279 g/mol. The first-order valence-corrected chi connectivity index (χ1v) is 7.54. The van der Waals surface area contributed by atoms with Crippen LogP contribution in [0.1, 0.15) is 22.6 Å². The van der Waals surface area contributed by atoms with Crippen molar-refractivity contribution in [3.05, 3.63) is 21.9 Å². The van der Waals surface area contributed by atoms with E-state index in [2.05, 4.69) is 29.9 Å². The molecule has 1 aliphatic rings. The maximum absolute atomic E-state index is 8.65. The first kappa shape index (κ1) is 14.5. The van der Waals surface area contributed by atoms with E-state index in [0.717, 1.165) is 37.1 Å². The lowest BCUT2D eigenvalue weighted by Crippen LogP contribution is -2.22. The SMILES string of the molecule is CN(CCOCC1CC1)Cc1ccc(C#CCO)s1. The van der Waals surface area contributed by atoms with Crippen molar-refractivity contribution < 1.29 is 9.84 Å². The Kier molecular flexibility index (Phi) is 5.87. The number of aliphatic hydroxyl groups excluding tert-OH is 1. The first-order chi connectivity index (χ1) is 9.28. The molecule has 0 bridgehead atoms. The van der Waals surface area contributed by atoms with Gasteiger partial charge in [0, 0.05) is 24.6 Å². The van der Waals surface area contributed by atoms with Crippen LogP contribution in [0.3, 0.4) is 0 Å². The van der Waals surface area contributed by atoms with Gasteiger partial charge < -0.3 is 9.84 Å². The summed E-state index contributed by atoms with van der Waals surface area (Å²) in [6.45, 7) is 3.56. The van der Waals surface area contributed by atoms with Gasteiger partial charge in [0.15, 0.2) is 0 Å². The number of hydrogen-bond donors (Lipinski definition) is 1. The van der Waals surface area contributed by atoms with Crippen LogP contribution in [0, 0.1) is 17.8 Å². The summed E-state index contributed by atoms with van der Waals surface area (Å²) in [6.07, 6.45) is 2.70. The molecule has 0 amide bonds. The Balaban J connectivity index is 1.65. The van der Waals surface area contributed by atoms with E-state index >= 15 is 0 Å². The fourth-order valence-electron chi connectivity index (χ4n) is 1.76. The molecule has 4 heteroatoms. The molecule has 0 aromatic carbocycles. The van der Waals surface area contributed by atoms with Crippen molar-refractivity contribution in [2.24, 2.45) is 5.92 Å². The number of nitrogens with zero attached hydrogens (tertiary/aromatic N) is 1. The smallest absolute Gasteiger partial charge is 0.104 e. The summed E-state index contributed by atoms with van der Waals surface area (Å²) < 4.78 is 5.64. The van der Waals surface area contributed by atoms with Gasteiger partial charge >= 0.3 is 0 Å². The highest BCUT2D eigenvalue weighted by Crippen LogP contribution is 2.28. The molecule has 104 valence electrons. The topological polar surface area (TPSA) is 32.7 Å². The molecule has 19 heavy (non-hydrogen) atoms. The minimum absolute atomic E-state index is 0.0779. The molecular formula is C15H21NO2S. The van der Waals surface area contributed by atoms with Gasteiger partial charge in [-0.15, -0.1) is 11.3 Å². The number of thiophene rings is 1. The summed E-state index contributed by atoms with van der Waals surface area (Å²) in [7, 11) is 2.11. The molecule has 1 heterocycles. The minimum Gasteiger partial charge on any atom is -0.384 e. The van der Waals surface area contributed by atoms with E-state index in [-0.39, 0.29) is 6.61 Å². The van der Waals surface area contributed by atoms with Crippen molar-refractivity contribution >= 4 is 11.3 Å². The lowest BCUT2D eigenvalue weighted by Gasteiger charge is -2.15. The van der Waals surface area contributed by atoms with E-state index < -0.39 is 0 Å². The van der Waals surface area contributed by atoms with Crippen molar-refractivity contribution in [2.75, 3.05) is 33.4 Å². The van der Waals surface area contributed by atoms with Crippen LogP contribution in [0.5, 0.6) is 0 Å². The normalized spacial score (nSPS) is 14.5. The third kappa shape index (κ3) is 5.75. The van der Waals surface area contributed by atoms with Crippen molar-refractivity contribution in [1.82, 2.24) is 4.90 Å². The Labute approximate surface area is 119 Å². The van der Waals surface area contributed by atoms with Crippen molar-refractivity contribution in [3.63, 3.8) is 0 Å². The molecular weight excluding hydrogens is 258 g/mol. The monoisotopic (exact) mass is 279 g/mol. The van der Waals surface area contributed by atoms with Crippen LogP contribution in [0.25, 0.3) is 0 Å². The summed E-state index contributed by atoms with van der Waals surface area (Å²) in [4.78, 5) is 4.58. The maximum atomic E-state index is 8.65. The average Bonchev–Trinajstić information content (AvgIpc) is 3.12. The van der Waals surface area contributed by atoms with Gasteiger partial charge in [-0.2, -0.15) is 0 Å². The lowest BCUT2D eigenvalue weighted by atomic mass is 10.4. The molecule has 0 saturated heterocycles. The Morgan fingerprint density at radius 3 is 3.05 bits per heavy atom. The molecule has 2 rings (SSSR count). The summed E-state index contributed by atoms with van der Waals surface area (Å²) in [6, 6.07) is 4.12. The molecule has 1 aromatic heterocycles. The zero-order valence-electron chi connectivity index (χ0n) is 11.4. The van der Waals surface area contributed by atoms with Crippen molar-refractivity contribution in [3.8, 4) is 11.8 Å². The predicted molar refractivity (Wildman–Crippen MR) is 78.2 cm³/mol. The fraction of sp³-hybridized carbons (Fsp3) is 0.600. The van der Waals surface area contributed by atoms with Crippen LogP contribution in [-0.4, -0.2) is 43.4 Å². The summed E-state index contributed by atoms with van der Waals surface area (Å²) in [5.41, 5.74) is 0. The number of ether oxygens (including phenoxy) is 1. The van der Waals surface area contributed by atoms with Crippen LogP contribution in [0.2, 0.25) is 0 Å². The maximum Gasteiger partial charge on any atom is 0.104 e. The third-order valence-corrected chi connectivity index (χ3v) is 4.03. The molecule has 0 spiro atoms. The molecule has 1 aromatic rings. The van der Waals surface area contributed by atoms with E-state index in [1.807, 2.05) is 6.07 Å². The standard InChI is InChI=1S/C15H21NO2S/c1-16(8-10-18-12-13-4-5-13)11-15-7-6-14(19-15)3-2-9-17/h6-7,13,17H,4-5,8-12H2,1H3. The minimum atomic E-state index is -0.0779. The first-order valence-electron chi connectivity index (χ1n) is 6.72. The van der Waals surface area contributed by atoms with E-state index in [1.165, 1.54) is 17.7 Å². The van der Waals surface area contributed by atoms with Gasteiger partial charge in [0.05, 0.1) is 11.5 Å². The lowest BCUT2D eigenvalue weighted by molar-refractivity contribution is 0.102. The summed E-state index contributed by atoms with van der Waals surface area (Å²) in [5.74, 6) is 6.45. The van der Waals surface area contributed by atoms with Crippen LogP contribution < -0.4 is 0 Å². The molecule has 0 radical (unpaired) electrons. The Morgan fingerprint density at radius 2 is 2.32 bits per heavy atom. The van der Waals surface area contributed by atoms with Gasteiger partial charge in [0.25, 0.3) is 0 Å². The highest BCUT2D eigenvalue weighted by atomic mass is 32.1. The highest BCUT2D eigenvalue weighted by Gasteiger charge is 2.20.